The zero-order chi connectivity index (χ0) is 21.8. The van der Waals surface area contributed by atoms with Gasteiger partial charge in [0.05, 0.1) is 32.5 Å². The number of rotatable bonds is 14. The van der Waals surface area contributed by atoms with Crippen LogP contribution in [0, 0.1) is 0 Å². The van der Waals surface area contributed by atoms with E-state index in [0.717, 1.165) is 44.1 Å². The monoisotopic (exact) mass is 414 g/mol. The Morgan fingerprint density at radius 1 is 0.800 bits per heavy atom. The third kappa shape index (κ3) is 8.84. The molecule has 0 saturated carbocycles. The average Bonchev–Trinajstić information content (AvgIpc) is 2.73. The highest BCUT2D eigenvalue weighted by molar-refractivity contribution is 5.69. The maximum absolute atomic E-state index is 5.64. The summed E-state index contributed by atoms with van der Waals surface area (Å²) in [6, 6.07) is 14.9. The van der Waals surface area contributed by atoms with E-state index in [1.165, 1.54) is 16.7 Å². The van der Waals surface area contributed by atoms with Crippen molar-refractivity contribution in [3.05, 3.63) is 53.6 Å². The normalized spacial score (nSPS) is 11.4. The molecule has 2 aromatic carbocycles. The second-order valence-electron chi connectivity index (χ2n) is 7.92. The van der Waals surface area contributed by atoms with Crippen molar-refractivity contribution in [2.75, 3.05) is 33.4 Å². The number of ether oxygens (including phenoxy) is 3. The molecule has 2 aromatic rings. The number of nitrogens with one attached hydrogen (secondary N) is 2. The highest BCUT2D eigenvalue weighted by atomic mass is 16.5. The van der Waals surface area contributed by atoms with Gasteiger partial charge in [-0.2, -0.15) is 0 Å². The van der Waals surface area contributed by atoms with Gasteiger partial charge in [0, 0.05) is 26.2 Å². The molecule has 0 spiro atoms. The van der Waals surface area contributed by atoms with Crippen molar-refractivity contribution >= 4 is 0 Å². The maximum atomic E-state index is 5.64. The first kappa shape index (κ1) is 24.4. The molecule has 0 saturated heterocycles. The van der Waals surface area contributed by atoms with Crippen LogP contribution < -0.4 is 15.4 Å². The lowest BCUT2D eigenvalue weighted by Gasteiger charge is -2.15. The Labute approximate surface area is 182 Å². The Balaban J connectivity index is 2.06. The minimum absolute atomic E-state index is 0.258. The number of benzene rings is 2. The molecule has 0 heterocycles. The van der Waals surface area contributed by atoms with Gasteiger partial charge in [-0.1, -0.05) is 30.3 Å². The molecule has 0 aliphatic heterocycles. The molecule has 166 valence electrons. The first-order valence-corrected chi connectivity index (χ1v) is 10.9. The third-order valence-corrected chi connectivity index (χ3v) is 4.66. The van der Waals surface area contributed by atoms with E-state index in [1.807, 2.05) is 12.1 Å². The highest BCUT2D eigenvalue weighted by Gasteiger charge is 2.08. The van der Waals surface area contributed by atoms with E-state index in [9.17, 15) is 0 Å². The van der Waals surface area contributed by atoms with Gasteiger partial charge in [0.2, 0.25) is 0 Å². The van der Waals surface area contributed by atoms with E-state index in [1.54, 1.807) is 7.11 Å². The molecule has 0 aromatic heterocycles. The summed E-state index contributed by atoms with van der Waals surface area (Å²) in [5.41, 5.74) is 4.92. The van der Waals surface area contributed by atoms with E-state index >= 15 is 0 Å². The molecular formula is C25H38N2O3. The standard InChI is InChI=1S/C25H38N2O3/c1-19(2)29-13-11-26-17-21-9-10-25(22-7-6-8-24(16-22)28-5)23(15-21)18-27-12-14-30-20(3)4/h6-10,15-16,19-20,26-27H,11-14,17-18H2,1-5H3. The third-order valence-electron chi connectivity index (χ3n) is 4.66. The number of hydrogen-bond acceptors (Lipinski definition) is 5. The predicted molar refractivity (Wildman–Crippen MR) is 124 cm³/mol. The molecule has 0 atom stereocenters. The van der Waals surface area contributed by atoms with Crippen LogP contribution in [-0.2, 0) is 22.6 Å². The van der Waals surface area contributed by atoms with Crippen LogP contribution in [0.1, 0.15) is 38.8 Å². The zero-order valence-corrected chi connectivity index (χ0v) is 19.2. The molecule has 30 heavy (non-hydrogen) atoms. The summed E-state index contributed by atoms with van der Waals surface area (Å²) in [6.45, 7) is 13.0. The average molecular weight is 415 g/mol. The first-order chi connectivity index (χ1) is 14.5. The second-order valence-corrected chi connectivity index (χ2v) is 7.92. The molecule has 0 aliphatic rings. The second kappa shape index (κ2) is 13.4. The smallest absolute Gasteiger partial charge is 0.119 e. The lowest BCUT2D eigenvalue weighted by molar-refractivity contribution is 0.0806. The number of methoxy groups -OCH3 is 1. The molecular weight excluding hydrogens is 376 g/mol. The van der Waals surface area contributed by atoms with Crippen molar-refractivity contribution in [3.63, 3.8) is 0 Å². The van der Waals surface area contributed by atoms with Gasteiger partial charge in [-0.3, -0.25) is 0 Å². The van der Waals surface area contributed by atoms with Crippen molar-refractivity contribution in [1.29, 1.82) is 0 Å². The van der Waals surface area contributed by atoms with Gasteiger partial charge in [0.25, 0.3) is 0 Å². The Morgan fingerprint density at radius 2 is 1.47 bits per heavy atom. The summed E-state index contributed by atoms with van der Waals surface area (Å²) in [7, 11) is 1.70. The van der Waals surface area contributed by atoms with Crippen molar-refractivity contribution in [1.82, 2.24) is 10.6 Å². The van der Waals surface area contributed by atoms with E-state index in [0.29, 0.717) is 6.61 Å². The Bertz CT molecular complexity index is 747. The largest absolute Gasteiger partial charge is 0.497 e. The molecule has 5 heteroatoms. The highest BCUT2D eigenvalue weighted by Crippen LogP contribution is 2.28. The van der Waals surface area contributed by atoms with Crippen LogP contribution in [0.2, 0.25) is 0 Å². The van der Waals surface area contributed by atoms with Gasteiger partial charge in [0.1, 0.15) is 5.75 Å². The van der Waals surface area contributed by atoms with Crippen LogP contribution in [0.4, 0.5) is 0 Å². The van der Waals surface area contributed by atoms with E-state index in [2.05, 4.69) is 68.7 Å². The molecule has 0 amide bonds. The first-order valence-electron chi connectivity index (χ1n) is 10.9. The van der Waals surface area contributed by atoms with Gasteiger partial charge in [-0.15, -0.1) is 0 Å². The fourth-order valence-electron chi connectivity index (χ4n) is 3.16. The summed E-state index contributed by atoms with van der Waals surface area (Å²) in [4.78, 5) is 0. The van der Waals surface area contributed by atoms with Crippen molar-refractivity contribution in [2.24, 2.45) is 0 Å². The summed E-state index contributed by atoms with van der Waals surface area (Å²) in [5.74, 6) is 0.868. The molecule has 0 fully saturated rings. The van der Waals surface area contributed by atoms with Gasteiger partial charge in [-0.05, 0) is 62.1 Å². The van der Waals surface area contributed by atoms with Crippen LogP contribution in [0.5, 0.6) is 5.75 Å². The minimum Gasteiger partial charge on any atom is -0.497 e. The SMILES string of the molecule is COc1cccc(-c2ccc(CNCCOC(C)C)cc2CNCCOC(C)C)c1. The topological polar surface area (TPSA) is 51.8 Å². The van der Waals surface area contributed by atoms with E-state index in [4.69, 9.17) is 14.2 Å². The van der Waals surface area contributed by atoms with E-state index in [-0.39, 0.29) is 12.2 Å². The van der Waals surface area contributed by atoms with Gasteiger partial charge in [-0.25, -0.2) is 0 Å². The molecule has 0 radical (unpaired) electrons. The summed E-state index contributed by atoms with van der Waals surface area (Å²) < 4.78 is 16.7. The zero-order valence-electron chi connectivity index (χ0n) is 19.2. The van der Waals surface area contributed by atoms with Gasteiger partial charge >= 0.3 is 0 Å². The van der Waals surface area contributed by atoms with Crippen molar-refractivity contribution < 1.29 is 14.2 Å². The summed E-state index contributed by atoms with van der Waals surface area (Å²) >= 11 is 0. The van der Waals surface area contributed by atoms with Crippen molar-refractivity contribution in [3.8, 4) is 16.9 Å². The number of hydrogen-bond donors (Lipinski definition) is 2. The van der Waals surface area contributed by atoms with Crippen LogP contribution in [0.3, 0.4) is 0 Å². The minimum atomic E-state index is 0.258. The Kier molecular flexibility index (Phi) is 10.9. The van der Waals surface area contributed by atoms with Gasteiger partial charge < -0.3 is 24.8 Å². The quantitative estimate of drug-likeness (QED) is 0.449. The molecule has 0 unspecified atom stereocenters. The molecule has 0 bridgehead atoms. The van der Waals surface area contributed by atoms with Gasteiger partial charge in [0.15, 0.2) is 0 Å². The van der Waals surface area contributed by atoms with Crippen molar-refractivity contribution in [2.45, 2.75) is 53.0 Å². The maximum Gasteiger partial charge on any atom is 0.119 e. The Hall–Kier alpha value is -1.92. The summed E-state index contributed by atoms with van der Waals surface area (Å²) in [5, 5.41) is 6.98. The van der Waals surface area contributed by atoms with Crippen LogP contribution in [-0.4, -0.2) is 45.6 Å². The Morgan fingerprint density at radius 3 is 2.10 bits per heavy atom. The predicted octanol–water partition coefficient (Wildman–Crippen LogP) is 4.39. The van der Waals surface area contributed by atoms with E-state index < -0.39 is 0 Å². The molecule has 2 N–H and O–H groups in total. The summed E-state index contributed by atoms with van der Waals surface area (Å²) in [6.07, 6.45) is 0.527. The van der Waals surface area contributed by atoms with Crippen LogP contribution in [0.25, 0.3) is 11.1 Å². The fraction of sp³-hybridized carbons (Fsp3) is 0.520. The molecule has 5 nitrogen and oxygen atoms in total. The molecule has 0 aliphatic carbocycles. The molecule has 2 rings (SSSR count). The fourth-order valence-corrected chi connectivity index (χ4v) is 3.16. The van der Waals surface area contributed by atoms with Crippen LogP contribution >= 0.6 is 0 Å². The lowest BCUT2D eigenvalue weighted by Crippen LogP contribution is -2.22. The van der Waals surface area contributed by atoms with Crippen LogP contribution in [0.15, 0.2) is 42.5 Å². The lowest BCUT2D eigenvalue weighted by atomic mass is 9.97.